The van der Waals surface area contributed by atoms with Crippen molar-refractivity contribution in [1.82, 2.24) is 10.5 Å². The molecule has 1 N–H and O–H groups in total. The zero-order valence-corrected chi connectivity index (χ0v) is 11.0. The Bertz CT molecular complexity index is 570. The second-order valence-electron chi connectivity index (χ2n) is 4.47. The average Bonchev–Trinajstić information content (AvgIpc) is 2.90. The van der Waals surface area contributed by atoms with Crippen molar-refractivity contribution in [3.8, 4) is 22.8 Å². The molecule has 1 aromatic carbocycles. The molecule has 1 aliphatic heterocycles. The van der Waals surface area contributed by atoms with Crippen LogP contribution in [0.5, 0.6) is 11.5 Å². The maximum absolute atomic E-state index is 5.50. The lowest BCUT2D eigenvalue weighted by molar-refractivity contribution is 0.393. The fourth-order valence-electron chi connectivity index (χ4n) is 2.31. The number of benzene rings is 1. The summed E-state index contributed by atoms with van der Waals surface area (Å²) < 4.78 is 16.1. The summed E-state index contributed by atoms with van der Waals surface area (Å²) >= 11 is 0. The Morgan fingerprint density at radius 1 is 1.16 bits per heavy atom. The first kappa shape index (κ1) is 12.0. The van der Waals surface area contributed by atoms with Crippen LogP contribution in [0.3, 0.4) is 0 Å². The van der Waals surface area contributed by atoms with E-state index in [0.717, 1.165) is 53.6 Å². The average molecular weight is 260 g/mol. The number of nitrogens with zero attached hydrogens (tertiary/aromatic N) is 1. The van der Waals surface area contributed by atoms with Crippen molar-refractivity contribution in [3.05, 3.63) is 29.5 Å². The molecule has 1 aliphatic rings. The van der Waals surface area contributed by atoms with Gasteiger partial charge in [0.1, 0.15) is 11.5 Å². The van der Waals surface area contributed by atoms with Crippen molar-refractivity contribution >= 4 is 0 Å². The maximum Gasteiger partial charge on any atom is 0.171 e. The normalized spacial score (nSPS) is 14.0. The van der Waals surface area contributed by atoms with Crippen LogP contribution in [-0.4, -0.2) is 25.9 Å². The van der Waals surface area contributed by atoms with Gasteiger partial charge in [0.2, 0.25) is 0 Å². The van der Waals surface area contributed by atoms with Crippen LogP contribution in [0.2, 0.25) is 0 Å². The van der Waals surface area contributed by atoms with Gasteiger partial charge in [0.15, 0.2) is 5.76 Å². The van der Waals surface area contributed by atoms with E-state index in [0.29, 0.717) is 0 Å². The molecule has 0 fully saturated rings. The number of hydrogen-bond donors (Lipinski definition) is 1. The molecule has 0 saturated carbocycles. The minimum atomic E-state index is 0.739. The summed E-state index contributed by atoms with van der Waals surface area (Å²) in [7, 11) is 3.27. The molecular weight excluding hydrogens is 244 g/mol. The Kier molecular flexibility index (Phi) is 3.13. The zero-order chi connectivity index (χ0) is 13.2. The van der Waals surface area contributed by atoms with Crippen LogP contribution in [-0.2, 0) is 13.0 Å². The highest BCUT2D eigenvalue weighted by Crippen LogP contribution is 2.33. The Hall–Kier alpha value is -2.01. The van der Waals surface area contributed by atoms with Gasteiger partial charge in [-0.05, 0) is 12.1 Å². The van der Waals surface area contributed by atoms with Crippen LogP contribution >= 0.6 is 0 Å². The topological polar surface area (TPSA) is 56.5 Å². The third-order valence-corrected chi connectivity index (χ3v) is 3.32. The maximum atomic E-state index is 5.50. The third-order valence-electron chi connectivity index (χ3n) is 3.32. The van der Waals surface area contributed by atoms with E-state index in [9.17, 15) is 0 Å². The van der Waals surface area contributed by atoms with Crippen molar-refractivity contribution in [2.45, 2.75) is 13.0 Å². The molecule has 0 amide bonds. The van der Waals surface area contributed by atoms with E-state index in [-0.39, 0.29) is 0 Å². The quantitative estimate of drug-likeness (QED) is 0.914. The minimum Gasteiger partial charge on any atom is -0.497 e. The fraction of sp³-hybridized carbons (Fsp3) is 0.357. The lowest BCUT2D eigenvalue weighted by Crippen LogP contribution is -2.23. The summed E-state index contributed by atoms with van der Waals surface area (Å²) in [5.74, 6) is 2.27. The van der Waals surface area contributed by atoms with Crippen LogP contribution in [0.15, 0.2) is 22.7 Å². The second kappa shape index (κ2) is 4.93. The van der Waals surface area contributed by atoms with Gasteiger partial charge in [-0.3, -0.25) is 0 Å². The first-order valence-electron chi connectivity index (χ1n) is 6.23. The van der Waals surface area contributed by atoms with Crippen LogP contribution in [0.1, 0.15) is 11.3 Å². The van der Waals surface area contributed by atoms with Gasteiger partial charge in [0.05, 0.1) is 19.9 Å². The van der Waals surface area contributed by atoms with Crippen molar-refractivity contribution < 1.29 is 14.0 Å². The molecule has 0 bridgehead atoms. The van der Waals surface area contributed by atoms with Crippen molar-refractivity contribution in [3.63, 3.8) is 0 Å². The number of rotatable bonds is 3. The summed E-state index contributed by atoms with van der Waals surface area (Å²) in [6.45, 7) is 1.73. The molecule has 19 heavy (non-hydrogen) atoms. The predicted octanol–water partition coefficient (Wildman–Crippen LogP) is 2.00. The van der Waals surface area contributed by atoms with E-state index in [4.69, 9.17) is 14.0 Å². The van der Waals surface area contributed by atoms with E-state index in [2.05, 4.69) is 10.5 Å². The summed E-state index contributed by atoms with van der Waals surface area (Å²) in [6, 6.07) is 5.69. The van der Waals surface area contributed by atoms with E-state index < -0.39 is 0 Å². The summed E-state index contributed by atoms with van der Waals surface area (Å²) in [4.78, 5) is 0. The molecule has 100 valence electrons. The molecule has 1 aromatic heterocycles. The van der Waals surface area contributed by atoms with Gasteiger partial charge in [0, 0.05) is 36.7 Å². The minimum absolute atomic E-state index is 0.739. The van der Waals surface area contributed by atoms with Crippen molar-refractivity contribution in [1.29, 1.82) is 0 Å². The first-order chi connectivity index (χ1) is 9.31. The van der Waals surface area contributed by atoms with Gasteiger partial charge in [0.25, 0.3) is 0 Å². The Morgan fingerprint density at radius 3 is 2.58 bits per heavy atom. The molecular formula is C14H16N2O3. The highest BCUT2D eigenvalue weighted by Gasteiger charge is 2.21. The molecule has 0 saturated heterocycles. The van der Waals surface area contributed by atoms with Crippen molar-refractivity contribution in [2.75, 3.05) is 20.8 Å². The Morgan fingerprint density at radius 2 is 1.89 bits per heavy atom. The standard InChI is InChI=1S/C14H16N2O3/c1-17-10-5-9(6-11(7-10)18-2)14-12-8-15-4-3-13(12)16-19-14/h5-7,15H,3-4,8H2,1-2H3. The molecule has 3 rings (SSSR count). The van der Waals surface area contributed by atoms with E-state index in [1.54, 1.807) is 14.2 Å². The van der Waals surface area contributed by atoms with Gasteiger partial charge < -0.3 is 19.3 Å². The highest BCUT2D eigenvalue weighted by atomic mass is 16.5. The SMILES string of the molecule is COc1cc(OC)cc(-c2onc3c2CNCC3)c1. The van der Waals surface area contributed by atoms with Crippen molar-refractivity contribution in [2.24, 2.45) is 0 Å². The molecule has 0 radical (unpaired) electrons. The summed E-state index contributed by atoms with van der Waals surface area (Å²) in [5, 5.41) is 7.48. The van der Waals surface area contributed by atoms with E-state index >= 15 is 0 Å². The number of aromatic nitrogens is 1. The number of nitrogens with one attached hydrogen (secondary N) is 1. The van der Waals surface area contributed by atoms with E-state index in [1.165, 1.54) is 0 Å². The molecule has 0 aliphatic carbocycles. The van der Waals surface area contributed by atoms with E-state index in [1.807, 2.05) is 18.2 Å². The number of fused-ring (bicyclic) bond motifs is 1. The number of hydrogen-bond acceptors (Lipinski definition) is 5. The molecule has 2 aromatic rings. The number of ether oxygens (including phenoxy) is 2. The monoisotopic (exact) mass is 260 g/mol. The first-order valence-corrected chi connectivity index (χ1v) is 6.23. The van der Waals surface area contributed by atoms with Gasteiger partial charge in [-0.1, -0.05) is 5.16 Å². The molecule has 5 nitrogen and oxygen atoms in total. The van der Waals surface area contributed by atoms with Crippen LogP contribution in [0.25, 0.3) is 11.3 Å². The van der Waals surface area contributed by atoms with Gasteiger partial charge in [-0.2, -0.15) is 0 Å². The molecule has 2 heterocycles. The second-order valence-corrected chi connectivity index (χ2v) is 4.47. The fourth-order valence-corrected chi connectivity index (χ4v) is 2.31. The van der Waals surface area contributed by atoms with Crippen LogP contribution < -0.4 is 14.8 Å². The molecule has 5 heteroatoms. The van der Waals surface area contributed by atoms with Crippen LogP contribution in [0.4, 0.5) is 0 Å². The van der Waals surface area contributed by atoms with Gasteiger partial charge in [-0.25, -0.2) is 0 Å². The summed E-state index contributed by atoms with van der Waals surface area (Å²) in [6.07, 6.45) is 0.903. The zero-order valence-electron chi connectivity index (χ0n) is 11.0. The largest absolute Gasteiger partial charge is 0.497 e. The molecule has 0 spiro atoms. The van der Waals surface area contributed by atoms with Gasteiger partial charge >= 0.3 is 0 Å². The third kappa shape index (κ3) is 2.17. The Balaban J connectivity index is 2.08. The highest BCUT2D eigenvalue weighted by molar-refractivity contribution is 5.66. The molecule has 0 atom stereocenters. The molecule has 0 unspecified atom stereocenters. The Labute approximate surface area is 111 Å². The predicted molar refractivity (Wildman–Crippen MR) is 70.5 cm³/mol. The number of methoxy groups -OCH3 is 2. The van der Waals surface area contributed by atoms with Crippen LogP contribution in [0, 0.1) is 0 Å². The smallest absolute Gasteiger partial charge is 0.171 e. The lowest BCUT2D eigenvalue weighted by Gasteiger charge is -2.12. The summed E-state index contributed by atoms with van der Waals surface area (Å²) in [5.41, 5.74) is 3.09. The van der Waals surface area contributed by atoms with Gasteiger partial charge in [-0.15, -0.1) is 0 Å². The lowest BCUT2D eigenvalue weighted by atomic mass is 10.0.